The predicted molar refractivity (Wildman–Crippen MR) is 115 cm³/mol. The van der Waals surface area contributed by atoms with Crippen molar-refractivity contribution in [1.82, 2.24) is 9.55 Å². The summed E-state index contributed by atoms with van der Waals surface area (Å²) in [6.07, 6.45) is 3.51. The third-order valence-corrected chi connectivity index (χ3v) is 7.32. The summed E-state index contributed by atoms with van der Waals surface area (Å²) in [4.78, 5) is 4.20. The van der Waals surface area contributed by atoms with E-state index in [2.05, 4.69) is 9.71 Å². The van der Waals surface area contributed by atoms with Crippen LogP contribution in [-0.2, 0) is 10.0 Å². The second-order valence-corrected chi connectivity index (χ2v) is 9.34. The minimum Gasteiger partial charge on any atom is -0.494 e. The number of sulfonamides is 1. The van der Waals surface area contributed by atoms with Gasteiger partial charge in [-0.1, -0.05) is 12.1 Å². The average Bonchev–Trinajstić information content (AvgIpc) is 3.38. The molecule has 0 atom stereocenters. The molecule has 0 bridgehead atoms. The maximum absolute atomic E-state index is 13.2. The summed E-state index contributed by atoms with van der Waals surface area (Å²) in [5.74, 6) is 0.120. The number of halogens is 1. The summed E-state index contributed by atoms with van der Waals surface area (Å²) in [6.45, 7) is 1.88. The fraction of sp³-hybridized carbons (Fsp3) is 0.0952. The highest BCUT2D eigenvalue weighted by Gasteiger charge is 2.22. The molecule has 2 heterocycles. The molecule has 30 heavy (non-hydrogen) atoms. The van der Waals surface area contributed by atoms with E-state index in [1.165, 1.54) is 19.2 Å². The number of rotatable bonds is 6. The van der Waals surface area contributed by atoms with Crippen LogP contribution in [0.2, 0.25) is 0 Å². The molecular weight excluding hydrogens is 425 g/mol. The first kappa shape index (κ1) is 20.1. The molecule has 0 radical (unpaired) electrons. The smallest absolute Gasteiger partial charge is 0.272 e. The molecule has 2 aromatic carbocycles. The van der Waals surface area contributed by atoms with Crippen LogP contribution in [0.3, 0.4) is 0 Å². The standard InChI is InChI=1S/C21H18FN3O3S2/c1-14-12-25(13-23-14)19-8-7-17(11-20(19)28-2)24-30(26,27)21-18(9-10-29-21)15-3-5-16(22)6-4-15/h3-13,24H,1-2H3. The first-order chi connectivity index (χ1) is 14.4. The summed E-state index contributed by atoms with van der Waals surface area (Å²) >= 11 is 1.10. The molecule has 0 aliphatic carbocycles. The van der Waals surface area contributed by atoms with Crippen molar-refractivity contribution in [2.75, 3.05) is 11.8 Å². The van der Waals surface area contributed by atoms with E-state index in [0.717, 1.165) is 22.7 Å². The van der Waals surface area contributed by atoms with Gasteiger partial charge in [0.1, 0.15) is 15.8 Å². The highest BCUT2D eigenvalue weighted by Crippen LogP contribution is 2.34. The fourth-order valence-corrected chi connectivity index (χ4v) is 5.50. The van der Waals surface area contributed by atoms with E-state index in [4.69, 9.17) is 4.74 Å². The maximum Gasteiger partial charge on any atom is 0.272 e. The quantitative estimate of drug-likeness (QED) is 0.462. The van der Waals surface area contributed by atoms with Crippen molar-refractivity contribution in [3.63, 3.8) is 0 Å². The van der Waals surface area contributed by atoms with Gasteiger partial charge in [0.05, 0.1) is 30.5 Å². The zero-order valence-electron chi connectivity index (χ0n) is 16.2. The van der Waals surface area contributed by atoms with Gasteiger partial charge >= 0.3 is 0 Å². The van der Waals surface area contributed by atoms with Gasteiger partial charge < -0.3 is 9.30 Å². The molecule has 9 heteroatoms. The Bertz CT molecular complexity index is 1300. The predicted octanol–water partition coefficient (Wildman–Crippen LogP) is 4.86. The molecule has 0 aliphatic heterocycles. The monoisotopic (exact) mass is 443 g/mol. The fourth-order valence-electron chi connectivity index (χ4n) is 3.06. The van der Waals surface area contributed by atoms with E-state index in [1.807, 2.05) is 13.1 Å². The molecule has 154 valence electrons. The van der Waals surface area contributed by atoms with E-state index in [-0.39, 0.29) is 10.0 Å². The Morgan fingerprint density at radius 3 is 2.57 bits per heavy atom. The Balaban J connectivity index is 1.66. The van der Waals surface area contributed by atoms with Crippen LogP contribution in [0.1, 0.15) is 5.69 Å². The zero-order chi connectivity index (χ0) is 21.3. The lowest BCUT2D eigenvalue weighted by atomic mass is 10.1. The number of ether oxygens (including phenoxy) is 1. The van der Waals surface area contributed by atoms with Crippen LogP contribution in [0.15, 0.2) is 70.6 Å². The lowest BCUT2D eigenvalue weighted by molar-refractivity contribution is 0.413. The Morgan fingerprint density at radius 2 is 1.90 bits per heavy atom. The maximum atomic E-state index is 13.2. The normalized spacial score (nSPS) is 11.4. The molecule has 2 aromatic heterocycles. The summed E-state index contributed by atoms with van der Waals surface area (Å²) < 4.78 is 49.3. The summed E-state index contributed by atoms with van der Waals surface area (Å²) in [6, 6.07) is 12.5. The lowest BCUT2D eigenvalue weighted by Gasteiger charge is -2.13. The minimum atomic E-state index is -3.86. The van der Waals surface area contributed by atoms with Gasteiger partial charge in [0.15, 0.2) is 0 Å². The van der Waals surface area contributed by atoms with Crippen molar-refractivity contribution >= 4 is 27.0 Å². The van der Waals surface area contributed by atoms with E-state index in [9.17, 15) is 12.8 Å². The molecule has 6 nitrogen and oxygen atoms in total. The molecule has 0 spiro atoms. The second-order valence-electron chi connectivity index (χ2n) is 6.54. The third kappa shape index (κ3) is 3.94. The van der Waals surface area contributed by atoms with Crippen molar-refractivity contribution in [2.24, 2.45) is 0 Å². The number of benzene rings is 2. The van der Waals surface area contributed by atoms with Crippen molar-refractivity contribution in [1.29, 1.82) is 0 Å². The van der Waals surface area contributed by atoms with Gasteiger partial charge in [-0.05, 0) is 48.2 Å². The van der Waals surface area contributed by atoms with Gasteiger partial charge in [-0.25, -0.2) is 17.8 Å². The second kappa shape index (κ2) is 7.92. The summed E-state index contributed by atoms with van der Waals surface area (Å²) in [5.41, 5.74) is 3.11. The van der Waals surface area contributed by atoms with E-state index in [1.54, 1.807) is 52.7 Å². The van der Waals surface area contributed by atoms with Gasteiger partial charge in [-0.3, -0.25) is 4.72 Å². The molecule has 0 amide bonds. The van der Waals surface area contributed by atoms with E-state index in [0.29, 0.717) is 22.6 Å². The lowest BCUT2D eigenvalue weighted by Crippen LogP contribution is -2.12. The molecule has 0 fully saturated rings. The van der Waals surface area contributed by atoms with Crippen LogP contribution >= 0.6 is 11.3 Å². The molecule has 0 aliphatic rings. The number of aryl methyl sites for hydroxylation is 1. The summed E-state index contributed by atoms with van der Waals surface area (Å²) in [7, 11) is -2.34. The van der Waals surface area contributed by atoms with E-state index < -0.39 is 10.0 Å². The van der Waals surface area contributed by atoms with Crippen LogP contribution in [-0.4, -0.2) is 25.1 Å². The summed E-state index contributed by atoms with van der Waals surface area (Å²) in [5, 5.41) is 1.69. The van der Waals surface area contributed by atoms with Crippen molar-refractivity contribution in [3.8, 4) is 22.6 Å². The van der Waals surface area contributed by atoms with Crippen LogP contribution < -0.4 is 9.46 Å². The van der Waals surface area contributed by atoms with Crippen LogP contribution in [0.4, 0.5) is 10.1 Å². The van der Waals surface area contributed by atoms with Gasteiger partial charge in [-0.2, -0.15) is 0 Å². The number of thiophene rings is 1. The minimum absolute atomic E-state index is 0.155. The van der Waals surface area contributed by atoms with Gasteiger partial charge in [0.2, 0.25) is 0 Å². The highest BCUT2D eigenvalue weighted by atomic mass is 32.2. The number of hydrogen-bond donors (Lipinski definition) is 1. The highest BCUT2D eigenvalue weighted by molar-refractivity contribution is 7.94. The zero-order valence-corrected chi connectivity index (χ0v) is 17.8. The number of imidazole rings is 1. The van der Waals surface area contributed by atoms with Crippen molar-refractivity contribution in [2.45, 2.75) is 11.1 Å². The molecule has 4 aromatic rings. The first-order valence-corrected chi connectivity index (χ1v) is 11.3. The number of anilines is 1. The van der Waals surface area contributed by atoms with Crippen molar-refractivity contribution < 1.29 is 17.5 Å². The Morgan fingerprint density at radius 1 is 1.13 bits per heavy atom. The number of methoxy groups -OCH3 is 1. The molecule has 0 saturated carbocycles. The van der Waals surface area contributed by atoms with Gasteiger partial charge in [0.25, 0.3) is 10.0 Å². The number of nitrogens with one attached hydrogen (secondary N) is 1. The molecule has 0 unspecified atom stereocenters. The molecule has 1 N–H and O–H groups in total. The number of nitrogens with zero attached hydrogens (tertiary/aromatic N) is 2. The van der Waals surface area contributed by atoms with Gasteiger partial charge in [0, 0.05) is 17.8 Å². The molecule has 0 saturated heterocycles. The largest absolute Gasteiger partial charge is 0.494 e. The topological polar surface area (TPSA) is 73.2 Å². The average molecular weight is 444 g/mol. The van der Waals surface area contributed by atoms with Crippen LogP contribution in [0.5, 0.6) is 5.75 Å². The van der Waals surface area contributed by atoms with Crippen molar-refractivity contribution in [3.05, 3.63) is 77.9 Å². The molecular formula is C21H18FN3O3S2. The molecule has 4 rings (SSSR count). The Kier molecular flexibility index (Phi) is 5.31. The third-order valence-electron chi connectivity index (χ3n) is 4.45. The van der Waals surface area contributed by atoms with E-state index >= 15 is 0 Å². The number of hydrogen-bond acceptors (Lipinski definition) is 5. The SMILES string of the molecule is COc1cc(NS(=O)(=O)c2sccc2-c2ccc(F)cc2)ccc1-n1cnc(C)c1. The Labute approximate surface area is 177 Å². The first-order valence-electron chi connectivity index (χ1n) is 8.92. The van der Waals surface area contributed by atoms with Crippen LogP contribution in [0.25, 0.3) is 16.8 Å². The van der Waals surface area contributed by atoms with Gasteiger partial charge in [-0.15, -0.1) is 11.3 Å². The van der Waals surface area contributed by atoms with Crippen LogP contribution in [0, 0.1) is 12.7 Å². The Hall–Kier alpha value is -3.17. The number of aromatic nitrogens is 2.